The van der Waals surface area contributed by atoms with Crippen molar-refractivity contribution in [2.45, 2.75) is 69.6 Å². The highest BCUT2D eigenvalue weighted by molar-refractivity contribution is 6.30. The number of aryl methyl sites for hydroxylation is 1. The van der Waals surface area contributed by atoms with Crippen LogP contribution in [0.3, 0.4) is 0 Å². The van der Waals surface area contributed by atoms with Crippen molar-refractivity contribution in [3.8, 4) is 11.4 Å². The smallest absolute Gasteiger partial charge is 0.161 e. The third-order valence-corrected chi connectivity index (χ3v) is 6.43. The van der Waals surface area contributed by atoms with Crippen LogP contribution in [0.2, 0.25) is 5.02 Å². The highest BCUT2D eigenvalue weighted by Crippen LogP contribution is 2.42. The number of anilines is 1. The number of hydrogen-bond donors (Lipinski definition) is 1. The molecule has 1 aliphatic carbocycles. The molecule has 2 bridgehead atoms. The molecule has 0 radical (unpaired) electrons. The Morgan fingerprint density at radius 2 is 1.81 bits per heavy atom. The molecule has 4 nitrogen and oxygen atoms in total. The van der Waals surface area contributed by atoms with Crippen LogP contribution in [0.1, 0.15) is 49.8 Å². The van der Waals surface area contributed by atoms with Crippen LogP contribution in [0.15, 0.2) is 24.3 Å². The van der Waals surface area contributed by atoms with Crippen molar-refractivity contribution < 1.29 is 5.11 Å². The Labute approximate surface area is 159 Å². The van der Waals surface area contributed by atoms with Gasteiger partial charge >= 0.3 is 0 Å². The van der Waals surface area contributed by atoms with Gasteiger partial charge in [0.25, 0.3) is 0 Å². The largest absolute Gasteiger partial charge is 0.393 e. The maximum Gasteiger partial charge on any atom is 0.161 e. The second-order valence-corrected chi connectivity index (χ2v) is 8.37. The summed E-state index contributed by atoms with van der Waals surface area (Å²) in [5.74, 6) is 1.91. The lowest BCUT2D eigenvalue weighted by molar-refractivity contribution is 0.126. The molecule has 2 aliphatic heterocycles. The van der Waals surface area contributed by atoms with E-state index in [0.29, 0.717) is 17.1 Å². The Kier molecular flexibility index (Phi) is 4.13. The normalized spacial score (nSPS) is 27.5. The van der Waals surface area contributed by atoms with Crippen LogP contribution in [0, 0.1) is 0 Å². The Morgan fingerprint density at radius 1 is 1.04 bits per heavy atom. The lowest BCUT2D eigenvalue weighted by atomic mass is 9.93. The molecule has 1 aromatic heterocycles. The Morgan fingerprint density at radius 3 is 2.58 bits per heavy atom. The van der Waals surface area contributed by atoms with Crippen molar-refractivity contribution in [2.24, 2.45) is 0 Å². The van der Waals surface area contributed by atoms with E-state index >= 15 is 0 Å². The van der Waals surface area contributed by atoms with Crippen LogP contribution in [0.4, 0.5) is 5.82 Å². The van der Waals surface area contributed by atoms with Gasteiger partial charge in [0.2, 0.25) is 0 Å². The van der Waals surface area contributed by atoms with Crippen molar-refractivity contribution >= 4 is 17.4 Å². The van der Waals surface area contributed by atoms with E-state index in [4.69, 9.17) is 21.6 Å². The first-order valence-corrected chi connectivity index (χ1v) is 10.2. The van der Waals surface area contributed by atoms with Gasteiger partial charge in [0.15, 0.2) is 5.82 Å². The van der Waals surface area contributed by atoms with E-state index in [1.54, 1.807) is 0 Å². The fourth-order valence-electron chi connectivity index (χ4n) is 5.04. The molecule has 5 rings (SSSR count). The summed E-state index contributed by atoms with van der Waals surface area (Å²) < 4.78 is 0. The van der Waals surface area contributed by atoms with Gasteiger partial charge in [-0.2, -0.15) is 0 Å². The topological polar surface area (TPSA) is 49.2 Å². The minimum atomic E-state index is -0.159. The van der Waals surface area contributed by atoms with Gasteiger partial charge in [0.05, 0.1) is 6.10 Å². The number of hydrogen-bond acceptors (Lipinski definition) is 4. The fourth-order valence-corrected chi connectivity index (χ4v) is 5.23. The van der Waals surface area contributed by atoms with E-state index in [1.165, 1.54) is 24.1 Å². The third kappa shape index (κ3) is 2.80. The molecule has 2 unspecified atom stereocenters. The van der Waals surface area contributed by atoms with E-state index in [1.807, 2.05) is 24.3 Å². The highest BCUT2D eigenvalue weighted by atomic mass is 35.5. The van der Waals surface area contributed by atoms with Crippen LogP contribution in [-0.4, -0.2) is 33.3 Å². The summed E-state index contributed by atoms with van der Waals surface area (Å²) in [6, 6.07) is 8.66. The van der Waals surface area contributed by atoms with Gasteiger partial charge < -0.3 is 10.0 Å². The Balaban J connectivity index is 1.63. The van der Waals surface area contributed by atoms with Crippen molar-refractivity contribution in [3.05, 3.63) is 40.5 Å². The molecule has 2 atom stereocenters. The molecule has 136 valence electrons. The van der Waals surface area contributed by atoms with Gasteiger partial charge in [-0.3, -0.25) is 0 Å². The quantitative estimate of drug-likeness (QED) is 0.863. The number of nitrogens with zero attached hydrogens (tertiary/aromatic N) is 3. The molecule has 1 N–H and O–H groups in total. The summed E-state index contributed by atoms with van der Waals surface area (Å²) in [7, 11) is 0. The van der Waals surface area contributed by atoms with Crippen molar-refractivity contribution in [2.75, 3.05) is 4.90 Å². The van der Waals surface area contributed by atoms with E-state index in [-0.39, 0.29) is 6.10 Å². The number of aliphatic hydroxyl groups is 1. The zero-order valence-corrected chi connectivity index (χ0v) is 15.6. The number of benzene rings is 1. The average Bonchev–Trinajstić information content (AvgIpc) is 2.91. The van der Waals surface area contributed by atoms with Gasteiger partial charge in [-0.1, -0.05) is 23.7 Å². The number of fused-ring (bicyclic) bond motifs is 3. The number of halogens is 1. The molecule has 0 spiro atoms. The van der Waals surface area contributed by atoms with Crippen LogP contribution in [0.25, 0.3) is 11.4 Å². The molecule has 1 aromatic carbocycles. The van der Waals surface area contributed by atoms with Gasteiger partial charge in [-0.25, -0.2) is 9.97 Å². The van der Waals surface area contributed by atoms with Gasteiger partial charge in [0, 0.05) is 33.9 Å². The van der Waals surface area contributed by atoms with Crippen LogP contribution >= 0.6 is 11.6 Å². The van der Waals surface area contributed by atoms with Crippen LogP contribution < -0.4 is 4.90 Å². The van der Waals surface area contributed by atoms with Gasteiger partial charge in [-0.05, 0) is 63.5 Å². The highest BCUT2D eigenvalue weighted by Gasteiger charge is 2.42. The molecule has 3 heterocycles. The average molecular weight is 370 g/mol. The van der Waals surface area contributed by atoms with Crippen molar-refractivity contribution in [3.63, 3.8) is 0 Å². The summed E-state index contributed by atoms with van der Waals surface area (Å²) in [6.45, 7) is 0. The van der Waals surface area contributed by atoms with E-state index in [0.717, 1.165) is 55.7 Å². The molecule has 3 aliphatic rings. The Bertz CT molecular complexity index is 826. The standard InChI is InChI=1S/C21H24ClN3O/c22-14-5-3-4-13(10-14)20-23-19-7-2-1-6-18(19)21(24-20)25-15-8-9-16(25)12-17(26)11-15/h3-5,10,15-17,26H,1-2,6-9,11-12H2. The minimum Gasteiger partial charge on any atom is -0.393 e. The van der Waals surface area contributed by atoms with E-state index < -0.39 is 0 Å². The van der Waals surface area contributed by atoms with E-state index in [9.17, 15) is 5.11 Å². The number of rotatable bonds is 2. The SMILES string of the molecule is OC1CC2CCC(C1)N2c1nc(-c2cccc(Cl)c2)nc2c1CCCC2. The first kappa shape index (κ1) is 16.5. The number of piperidine rings is 1. The summed E-state index contributed by atoms with van der Waals surface area (Å²) in [6.07, 6.45) is 8.40. The molecule has 2 aromatic rings. The van der Waals surface area contributed by atoms with Crippen molar-refractivity contribution in [1.82, 2.24) is 9.97 Å². The van der Waals surface area contributed by atoms with Crippen molar-refractivity contribution in [1.29, 1.82) is 0 Å². The second-order valence-electron chi connectivity index (χ2n) is 7.93. The number of aromatic nitrogens is 2. The molecule has 5 heteroatoms. The zero-order valence-electron chi connectivity index (χ0n) is 14.9. The molecule has 0 saturated carbocycles. The summed E-state index contributed by atoms with van der Waals surface area (Å²) >= 11 is 6.21. The number of aliphatic hydroxyl groups excluding tert-OH is 1. The fraction of sp³-hybridized carbons (Fsp3) is 0.524. The molecule has 2 fully saturated rings. The van der Waals surface area contributed by atoms with Gasteiger partial charge in [-0.15, -0.1) is 0 Å². The lowest BCUT2D eigenvalue weighted by Gasteiger charge is -2.39. The van der Waals surface area contributed by atoms with Crippen LogP contribution in [0.5, 0.6) is 0 Å². The first-order valence-electron chi connectivity index (χ1n) is 9.81. The van der Waals surface area contributed by atoms with Crippen LogP contribution in [-0.2, 0) is 12.8 Å². The predicted molar refractivity (Wildman–Crippen MR) is 104 cm³/mol. The molecular weight excluding hydrogens is 346 g/mol. The maximum atomic E-state index is 10.2. The summed E-state index contributed by atoms with van der Waals surface area (Å²) in [4.78, 5) is 12.5. The first-order chi connectivity index (χ1) is 12.7. The Hall–Kier alpha value is -1.65. The van der Waals surface area contributed by atoms with E-state index in [2.05, 4.69) is 4.90 Å². The second kappa shape index (κ2) is 6.50. The molecule has 0 amide bonds. The van der Waals surface area contributed by atoms with Gasteiger partial charge in [0.1, 0.15) is 5.82 Å². The lowest BCUT2D eigenvalue weighted by Crippen LogP contribution is -2.46. The monoisotopic (exact) mass is 369 g/mol. The molecule has 26 heavy (non-hydrogen) atoms. The molecule has 2 saturated heterocycles. The summed E-state index contributed by atoms with van der Waals surface area (Å²) in [5.41, 5.74) is 3.54. The summed E-state index contributed by atoms with van der Waals surface area (Å²) in [5, 5.41) is 10.9. The molecular formula is C21H24ClN3O. The zero-order chi connectivity index (χ0) is 17.7. The minimum absolute atomic E-state index is 0.159. The maximum absolute atomic E-state index is 10.2. The predicted octanol–water partition coefficient (Wildman–Crippen LogP) is 4.17. The third-order valence-electron chi connectivity index (χ3n) is 6.20.